The van der Waals surface area contributed by atoms with E-state index >= 15 is 0 Å². The number of ketones is 1. The van der Waals surface area contributed by atoms with E-state index in [0.29, 0.717) is 17.0 Å². The second-order valence-corrected chi connectivity index (χ2v) is 6.08. The number of aryl methyl sites for hydroxylation is 2. The predicted molar refractivity (Wildman–Crippen MR) is 95.0 cm³/mol. The van der Waals surface area contributed by atoms with Crippen molar-refractivity contribution >= 4 is 22.6 Å². The molecule has 0 N–H and O–H groups in total. The number of carbonyl (C=O) groups excluding carboxylic acids is 1. The van der Waals surface area contributed by atoms with Crippen LogP contribution in [-0.4, -0.2) is 24.9 Å². The monoisotopic (exact) mass is 332 g/mol. The van der Waals surface area contributed by atoms with Crippen molar-refractivity contribution in [2.45, 2.75) is 20.4 Å². The number of carbonyl (C=O) groups is 1. The standard InChI is InChI=1S/C19H16N4O2/c1-12-7-9-14(10-8-12)17(24)11-22-15-5-3-4-6-16(15)23-19(22)20-18(25)13(2)21-23/h3-10H,11H2,1-2H3. The fourth-order valence-corrected chi connectivity index (χ4v) is 2.90. The molecule has 2 aromatic heterocycles. The molecule has 0 unspecified atom stereocenters. The molecule has 124 valence electrons. The molecule has 0 atom stereocenters. The molecule has 0 aliphatic heterocycles. The molecule has 0 aliphatic carbocycles. The molecule has 6 nitrogen and oxygen atoms in total. The lowest BCUT2D eigenvalue weighted by Gasteiger charge is -2.05. The molecule has 0 amide bonds. The maximum Gasteiger partial charge on any atom is 0.296 e. The number of para-hydroxylation sites is 2. The van der Waals surface area contributed by atoms with E-state index < -0.39 is 0 Å². The van der Waals surface area contributed by atoms with Gasteiger partial charge in [0.25, 0.3) is 5.56 Å². The van der Waals surface area contributed by atoms with Crippen molar-refractivity contribution in [3.8, 4) is 0 Å². The number of nitrogens with zero attached hydrogens (tertiary/aromatic N) is 4. The summed E-state index contributed by atoms with van der Waals surface area (Å²) in [5.41, 5.74) is 3.29. The van der Waals surface area contributed by atoms with Gasteiger partial charge in [0.15, 0.2) is 5.78 Å². The van der Waals surface area contributed by atoms with E-state index in [4.69, 9.17) is 0 Å². The lowest BCUT2D eigenvalue weighted by molar-refractivity contribution is 0.0974. The first-order valence-corrected chi connectivity index (χ1v) is 7.99. The number of Topliss-reactive ketones (excluding diaryl/α,β-unsaturated/α-hetero) is 1. The highest BCUT2D eigenvalue weighted by atomic mass is 16.1. The average molecular weight is 332 g/mol. The van der Waals surface area contributed by atoms with E-state index in [1.54, 1.807) is 16.0 Å². The van der Waals surface area contributed by atoms with Gasteiger partial charge in [-0.15, -0.1) is 0 Å². The van der Waals surface area contributed by atoms with Gasteiger partial charge in [0.1, 0.15) is 5.69 Å². The number of aromatic nitrogens is 4. The van der Waals surface area contributed by atoms with Gasteiger partial charge in [0.2, 0.25) is 5.78 Å². The summed E-state index contributed by atoms with van der Waals surface area (Å²) in [5, 5.41) is 4.33. The van der Waals surface area contributed by atoms with Crippen molar-refractivity contribution in [2.24, 2.45) is 0 Å². The molecule has 0 saturated carbocycles. The van der Waals surface area contributed by atoms with Gasteiger partial charge in [-0.1, -0.05) is 42.0 Å². The van der Waals surface area contributed by atoms with E-state index in [2.05, 4.69) is 10.1 Å². The normalized spacial score (nSPS) is 11.3. The minimum Gasteiger partial charge on any atom is -0.300 e. The van der Waals surface area contributed by atoms with Crippen molar-refractivity contribution in [2.75, 3.05) is 0 Å². The van der Waals surface area contributed by atoms with Gasteiger partial charge in [0, 0.05) is 5.56 Å². The van der Waals surface area contributed by atoms with Crippen LogP contribution in [0.25, 0.3) is 16.8 Å². The number of benzene rings is 2. The molecule has 4 rings (SSSR count). The van der Waals surface area contributed by atoms with Crippen molar-refractivity contribution in [1.82, 2.24) is 19.2 Å². The maximum absolute atomic E-state index is 12.7. The fourth-order valence-electron chi connectivity index (χ4n) is 2.90. The zero-order valence-electron chi connectivity index (χ0n) is 13.9. The minimum atomic E-state index is -0.383. The SMILES string of the molecule is Cc1ccc(C(=O)Cn2c3ccccc3n3nc(C)c(=O)nc23)cc1. The summed E-state index contributed by atoms with van der Waals surface area (Å²) in [5.74, 6) is 0.329. The molecule has 0 saturated heterocycles. The third kappa shape index (κ3) is 2.52. The Hall–Kier alpha value is -3.28. The van der Waals surface area contributed by atoms with Crippen LogP contribution >= 0.6 is 0 Å². The molecule has 0 fully saturated rings. The Kier molecular flexibility index (Phi) is 3.46. The number of rotatable bonds is 3. The van der Waals surface area contributed by atoms with Gasteiger partial charge in [-0.05, 0) is 26.0 Å². The molecule has 0 bridgehead atoms. The van der Waals surface area contributed by atoms with Crippen LogP contribution in [0.3, 0.4) is 0 Å². The predicted octanol–water partition coefficient (Wildman–Crippen LogP) is 2.54. The van der Waals surface area contributed by atoms with E-state index in [9.17, 15) is 9.59 Å². The van der Waals surface area contributed by atoms with Crippen molar-refractivity contribution in [3.05, 3.63) is 75.7 Å². The smallest absolute Gasteiger partial charge is 0.296 e. The van der Waals surface area contributed by atoms with Gasteiger partial charge in [0.05, 0.1) is 17.6 Å². The van der Waals surface area contributed by atoms with Crippen LogP contribution in [0.15, 0.2) is 53.3 Å². The second-order valence-electron chi connectivity index (χ2n) is 6.08. The van der Waals surface area contributed by atoms with Crippen LogP contribution in [-0.2, 0) is 6.54 Å². The third-order valence-electron chi connectivity index (χ3n) is 4.27. The summed E-state index contributed by atoms with van der Waals surface area (Å²) >= 11 is 0. The zero-order valence-corrected chi connectivity index (χ0v) is 13.9. The Morgan fingerprint density at radius 3 is 2.40 bits per heavy atom. The van der Waals surface area contributed by atoms with E-state index in [0.717, 1.165) is 16.6 Å². The summed E-state index contributed by atoms with van der Waals surface area (Å²) in [7, 11) is 0. The Balaban J connectivity index is 1.90. The molecular formula is C19H16N4O2. The molecule has 0 spiro atoms. The number of hydrogen-bond donors (Lipinski definition) is 0. The highest BCUT2D eigenvalue weighted by Crippen LogP contribution is 2.19. The van der Waals surface area contributed by atoms with Gasteiger partial charge in [-0.2, -0.15) is 14.6 Å². The van der Waals surface area contributed by atoms with E-state index in [1.165, 1.54) is 0 Å². The second kappa shape index (κ2) is 5.66. The average Bonchev–Trinajstić information content (AvgIpc) is 2.89. The summed E-state index contributed by atoms with van der Waals surface area (Å²) < 4.78 is 3.36. The van der Waals surface area contributed by atoms with Crippen LogP contribution in [0.4, 0.5) is 0 Å². The first kappa shape index (κ1) is 15.3. The Morgan fingerprint density at radius 1 is 1.00 bits per heavy atom. The molecule has 0 radical (unpaired) electrons. The Bertz CT molecular complexity index is 1170. The van der Waals surface area contributed by atoms with Crippen molar-refractivity contribution in [1.29, 1.82) is 0 Å². The van der Waals surface area contributed by atoms with Crippen LogP contribution in [0.1, 0.15) is 21.6 Å². The molecule has 2 aromatic carbocycles. The van der Waals surface area contributed by atoms with Crippen molar-refractivity contribution in [3.63, 3.8) is 0 Å². The lowest BCUT2D eigenvalue weighted by atomic mass is 10.1. The zero-order chi connectivity index (χ0) is 17.6. The molecule has 4 aromatic rings. The largest absolute Gasteiger partial charge is 0.300 e. The van der Waals surface area contributed by atoms with Crippen LogP contribution in [0.5, 0.6) is 0 Å². The molecule has 0 aliphatic rings. The van der Waals surface area contributed by atoms with Crippen LogP contribution in [0.2, 0.25) is 0 Å². The van der Waals surface area contributed by atoms with Gasteiger partial charge in [-0.25, -0.2) is 0 Å². The number of hydrogen-bond acceptors (Lipinski definition) is 4. The number of imidazole rings is 1. The summed E-state index contributed by atoms with van der Waals surface area (Å²) in [4.78, 5) is 28.8. The Morgan fingerprint density at radius 2 is 1.68 bits per heavy atom. The van der Waals surface area contributed by atoms with Crippen LogP contribution < -0.4 is 5.56 Å². The van der Waals surface area contributed by atoms with Crippen LogP contribution in [0, 0.1) is 13.8 Å². The molecule has 2 heterocycles. The lowest BCUT2D eigenvalue weighted by Crippen LogP contribution is -2.18. The first-order chi connectivity index (χ1) is 12.0. The van der Waals surface area contributed by atoms with E-state index in [-0.39, 0.29) is 17.9 Å². The van der Waals surface area contributed by atoms with Gasteiger partial charge >= 0.3 is 0 Å². The first-order valence-electron chi connectivity index (χ1n) is 7.99. The third-order valence-corrected chi connectivity index (χ3v) is 4.27. The molecular weight excluding hydrogens is 316 g/mol. The summed E-state index contributed by atoms with van der Waals surface area (Å²) in [6, 6.07) is 15.0. The highest BCUT2D eigenvalue weighted by molar-refractivity contribution is 5.97. The van der Waals surface area contributed by atoms with E-state index in [1.807, 2.05) is 55.5 Å². The number of fused-ring (bicyclic) bond motifs is 3. The van der Waals surface area contributed by atoms with Gasteiger partial charge in [-0.3, -0.25) is 9.59 Å². The molecule has 6 heteroatoms. The minimum absolute atomic E-state index is 0.0434. The topological polar surface area (TPSA) is 69.3 Å². The summed E-state index contributed by atoms with van der Waals surface area (Å²) in [6.45, 7) is 3.70. The highest BCUT2D eigenvalue weighted by Gasteiger charge is 2.16. The van der Waals surface area contributed by atoms with Crippen molar-refractivity contribution < 1.29 is 4.79 Å². The quantitative estimate of drug-likeness (QED) is 0.541. The summed E-state index contributed by atoms with van der Waals surface area (Å²) in [6.07, 6.45) is 0. The fraction of sp³-hybridized carbons (Fsp3) is 0.158. The molecule has 25 heavy (non-hydrogen) atoms. The Labute approximate surface area is 143 Å². The van der Waals surface area contributed by atoms with Gasteiger partial charge < -0.3 is 4.57 Å². The maximum atomic E-state index is 12.7.